The van der Waals surface area contributed by atoms with Crippen LogP contribution < -0.4 is 0 Å². The van der Waals surface area contributed by atoms with Gasteiger partial charge < -0.3 is 5.11 Å². The van der Waals surface area contributed by atoms with Crippen molar-refractivity contribution < 1.29 is 9.50 Å². The van der Waals surface area contributed by atoms with Gasteiger partial charge >= 0.3 is 0 Å². The molecule has 0 aliphatic rings. The van der Waals surface area contributed by atoms with Crippen molar-refractivity contribution in [2.75, 3.05) is 0 Å². The molecule has 1 N–H and O–H groups in total. The minimum Gasteiger partial charge on any atom is -0.389 e. The van der Waals surface area contributed by atoms with Crippen molar-refractivity contribution >= 4 is 11.8 Å². The first-order valence-electron chi connectivity index (χ1n) is 5.09. The molecule has 0 aliphatic heterocycles. The lowest BCUT2D eigenvalue weighted by Crippen LogP contribution is -1.93. The highest BCUT2D eigenvalue weighted by atomic mass is 32.2. The molecule has 1 atom stereocenters. The fourth-order valence-electron chi connectivity index (χ4n) is 1.30. The van der Waals surface area contributed by atoms with Crippen LogP contribution in [0.15, 0.2) is 46.7 Å². The monoisotopic (exact) mass is 250 g/mol. The average molecular weight is 250 g/mol. The van der Waals surface area contributed by atoms with E-state index in [4.69, 9.17) is 0 Å². The zero-order valence-corrected chi connectivity index (χ0v) is 9.99. The van der Waals surface area contributed by atoms with Crippen molar-refractivity contribution in [2.24, 2.45) is 0 Å². The third-order valence-electron chi connectivity index (χ3n) is 2.18. The van der Waals surface area contributed by atoms with E-state index in [1.165, 1.54) is 6.07 Å². The van der Waals surface area contributed by atoms with Crippen LogP contribution in [0.3, 0.4) is 0 Å². The SMILES string of the molecule is C[C@@H](O)c1ccc(Sc2ncccn2)c(F)c1. The highest BCUT2D eigenvalue weighted by molar-refractivity contribution is 7.99. The number of halogens is 1. The molecule has 1 aromatic carbocycles. The molecular formula is C12H11FN2OS. The molecule has 0 saturated heterocycles. The Balaban J connectivity index is 2.23. The third kappa shape index (κ3) is 3.01. The van der Waals surface area contributed by atoms with Crippen LogP contribution >= 0.6 is 11.8 Å². The fourth-order valence-corrected chi connectivity index (χ4v) is 2.01. The number of nitrogens with zero attached hydrogens (tertiary/aromatic N) is 2. The van der Waals surface area contributed by atoms with Gasteiger partial charge in [0.2, 0.25) is 0 Å². The summed E-state index contributed by atoms with van der Waals surface area (Å²) in [4.78, 5) is 8.46. The van der Waals surface area contributed by atoms with Gasteiger partial charge in [-0.25, -0.2) is 14.4 Å². The van der Waals surface area contributed by atoms with Crippen molar-refractivity contribution in [3.05, 3.63) is 48.0 Å². The van der Waals surface area contributed by atoms with Crippen LogP contribution in [0.4, 0.5) is 4.39 Å². The maximum Gasteiger partial charge on any atom is 0.192 e. The largest absolute Gasteiger partial charge is 0.389 e. The zero-order chi connectivity index (χ0) is 12.3. The van der Waals surface area contributed by atoms with E-state index in [-0.39, 0.29) is 5.82 Å². The van der Waals surface area contributed by atoms with Crippen LogP contribution in [0.2, 0.25) is 0 Å². The van der Waals surface area contributed by atoms with E-state index in [2.05, 4.69) is 9.97 Å². The number of aromatic nitrogens is 2. The summed E-state index contributed by atoms with van der Waals surface area (Å²) in [6.45, 7) is 1.60. The van der Waals surface area contributed by atoms with Crippen molar-refractivity contribution in [3.8, 4) is 0 Å². The van der Waals surface area contributed by atoms with Gasteiger partial charge in [-0.1, -0.05) is 6.07 Å². The first-order chi connectivity index (χ1) is 8.16. The molecule has 0 aliphatic carbocycles. The molecule has 17 heavy (non-hydrogen) atoms. The topological polar surface area (TPSA) is 46.0 Å². The van der Waals surface area contributed by atoms with Gasteiger partial charge in [-0.2, -0.15) is 0 Å². The normalized spacial score (nSPS) is 12.4. The van der Waals surface area contributed by atoms with Crippen LogP contribution in [0, 0.1) is 5.82 Å². The number of hydrogen-bond acceptors (Lipinski definition) is 4. The molecule has 1 aromatic heterocycles. The Labute approximate surface area is 103 Å². The lowest BCUT2D eigenvalue weighted by atomic mass is 10.1. The van der Waals surface area contributed by atoms with Crippen molar-refractivity contribution in [3.63, 3.8) is 0 Å². The van der Waals surface area contributed by atoms with Gasteiger partial charge in [-0.3, -0.25) is 0 Å². The number of aliphatic hydroxyl groups excluding tert-OH is 1. The van der Waals surface area contributed by atoms with Crippen LogP contribution in [0.5, 0.6) is 0 Å². The zero-order valence-electron chi connectivity index (χ0n) is 9.17. The van der Waals surface area contributed by atoms with E-state index in [0.29, 0.717) is 15.6 Å². The lowest BCUT2D eigenvalue weighted by molar-refractivity contribution is 0.198. The summed E-state index contributed by atoms with van der Waals surface area (Å²) in [6.07, 6.45) is 2.55. The Morgan fingerprint density at radius 2 is 2.00 bits per heavy atom. The van der Waals surface area contributed by atoms with Crippen molar-refractivity contribution in [1.82, 2.24) is 9.97 Å². The van der Waals surface area contributed by atoms with Crippen molar-refractivity contribution in [2.45, 2.75) is 23.1 Å². The molecule has 0 amide bonds. The average Bonchev–Trinajstić information content (AvgIpc) is 2.33. The molecule has 0 unspecified atom stereocenters. The summed E-state index contributed by atoms with van der Waals surface area (Å²) < 4.78 is 13.7. The second kappa shape index (κ2) is 5.25. The highest BCUT2D eigenvalue weighted by Gasteiger charge is 2.09. The molecular weight excluding hydrogens is 239 g/mol. The summed E-state index contributed by atoms with van der Waals surface area (Å²) in [7, 11) is 0. The van der Waals surface area contributed by atoms with E-state index in [1.54, 1.807) is 37.5 Å². The van der Waals surface area contributed by atoms with Gasteiger partial charge in [0.25, 0.3) is 0 Å². The number of rotatable bonds is 3. The first-order valence-corrected chi connectivity index (χ1v) is 5.91. The molecule has 3 nitrogen and oxygen atoms in total. The molecule has 5 heteroatoms. The van der Waals surface area contributed by atoms with E-state index in [9.17, 15) is 9.50 Å². The van der Waals surface area contributed by atoms with Gasteiger partial charge in [-0.15, -0.1) is 0 Å². The smallest absolute Gasteiger partial charge is 0.192 e. The first kappa shape index (κ1) is 12.0. The minimum atomic E-state index is -0.670. The van der Waals surface area contributed by atoms with E-state index < -0.39 is 6.10 Å². The lowest BCUT2D eigenvalue weighted by Gasteiger charge is -2.07. The van der Waals surface area contributed by atoms with Crippen LogP contribution in [-0.2, 0) is 0 Å². The van der Waals surface area contributed by atoms with E-state index in [1.807, 2.05) is 0 Å². The van der Waals surface area contributed by atoms with E-state index >= 15 is 0 Å². The van der Waals surface area contributed by atoms with Crippen LogP contribution in [-0.4, -0.2) is 15.1 Å². The van der Waals surface area contributed by atoms with Gasteiger partial charge in [0.05, 0.1) is 11.0 Å². The van der Waals surface area contributed by atoms with Crippen LogP contribution in [0.1, 0.15) is 18.6 Å². The molecule has 0 saturated carbocycles. The molecule has 2 rings (SSSR count). The van der Waals surface area contributed by atoms with Gasteiger partial charge in [-0.05, 0) is 42.4 Å². The summed E-state index contributed by atoms with van der Waals surface area (Å²) in [5.74, 6) is -0.374. The quantitative estimate of drug-likeness (QED) is 0.851. The Morgan fingerprint density at radius 3 is 2.59 bits per heavy atom. The minimum absolute atomic E-state index is 0.374. The predicted octanol–water partition coefficient (Wildman–Crippen LogP) is 2.82. The maximum absolute atomic E-state index is 13.7. The van der Waals surface area contributed by atoms with E-state index in [0.717, 1.165) is 11.8 Å². The molecule has 1 heterocycles. The number of benzene rings is 1. The van der Waals surface area contributed by atoms with Gasteiger partial charge in [0, 0.05) is 12.4 Å². The Hall–Kier alpha value is -1.46. The van der Waals surface area contributed by atoms with Gasteiger partial charge in [0.1, 0.15) is 5.82 Å². The molecule has 88 valence electrons. The third-order valence-corrected chi connectivity index (χ3v) is 3.13. The van der Waals surface area contributed by atoms with Gasteiger partial charge in [0.15, 0.2) is 5.16 Å². The number of hydrogen-bond donors (Lipinski definition) is 1. The van der Waals surface area contributed by atoms with Crippen LogP contribution in [0.25, 0.3) is 0 Å². The maximum atomic E-state index is 13.7. The van der Waals surface area contributed by atoms with Crippen molar-refractivity contribution in [1.29, 1.82) is 0 Å². The second-order valence-electron chi connectivity index (χ2n) is 3.50. The summed E-state index contributed by atoms with van der Waals surface area (Å²) in [6, 6.07) is 6.35. The number of aliphatic hydroxyl groups is 1. The second-order valence-corrected chi connectivity index (χ2v) is 4.51. The molecule has 0 fully saturated rings. The fraction of sp³-hybridized carbons (Fsp3) is 0.167. The molecule has 0 spiro atoms. The standard InChI is InChI=1S/C12H11FN2OS/c1-8(16)9-3-4-11(10(13)7-9)17-12-14-5-2-6-15-12/h2-8,16H,1H3/t8-/m1/s1. The molecule has 2 aromatic rings. The summed E-state index contributed by atoms with van der Waals surface area (Å²) in [5.41, 5.74) is 0.556. The predicted molar refractivity (Wildman–Crippen MR) is 63.2 cm³/mol. The molecule has 0 bridgehead atoms. The Kier molecular flexibility index (Phi) is 3.71. The summed E-state index contributed by atoms with van der Waals surface area (Å²) >= 11 is 1.16. The Bertz CT molecular complexity index is 505. The highest BCUT2D eigenvalue weighted by Crippen LogP contribution is 2.28. The molecule has 0 radical (unpaired) electrons. The Morgan fingerprint density at radius 1 is 1.29 bits per heavy atom. The summed E-state index contributed by atoms with van der Waals surface area (Å²) in [5, 5.41) is 9.83.